The molecule has 2 aliphatic rings. The molecule has 2 rings (SSSR count). The first-order valence-electron chi connectivity index (χ1n) is 8.11. The Bertz CT molecular complexity index is 339. The molecule has 0 saturated heterocycles. The minimum absolute atomic E-state index is 0.0978. The average molecular weight is 282 g/mol. The Hall–Kier alpha value is -0.610. The summed E-state index contributed by atoms with van der Waals surface area (Å²) in [6.07, 6.45) is 5.91. The number of esters is 1. The zero-order valence-corrected chi connectivity index (χ0v) is 13.4. The standard InChI is InChI=1S/C16H30N2O2/c1-5-20-15(19)16(3,17-14-8-9-14)10-11-18(4)12(2)13-6-7-13/h12-14,17H,5-11H2,1-4H3. The fourth-order valence-electron chi connectivity index (χ4n) is 2.74. The molecular weight excluding hydrogens is 252 g/mol. The Morgan fingerprint density at radius 2 is 2.05 bits per heavy atom. The zero-order chi connectivity index (χ0) is 14.8. The summed E-state index contributed by atoms with van der Waals surface area (Å²) in [6.45, 7) is 7.56. The van der Waals surface area contributed by atoms with Gasteiger partial charge in [-0.05, 0) is 65.8 Å². The van der Waals surface area contributed by atoms with Gasteiger partial charge in [-0.2, -0.15) is 0 Å². The van der Waals surface area contributed by atoms with Crippen molar-refractivity contribution in [3.8, 4) is 0 Å². The highest BCUT2D eigenvalue weighted by atomic mass is 16.5. The van der Waals surface area contributed by atoms with Crippen LogP contribution in [0, 0.1) is 5.92 Å². The number of carbonyl (C=O) groups excluding carboxylic acids is 1. The normalized spacial score (nSPS) is 23.4. The largest absolute Gasteiger partial charge is 0.465 e. The van der Waals surface area contributed by atoms with Gasteiger partial charge in [-0.1, -0.05) is 0 Å². The van der Waals surface area contributed by atoms with Crippen LogP contribution >= 0.6 is 0 Å². The van der Waals surface area contributed by atoms with Crippen molar-refractivity contribution in [2.75, 3.05) is 20.2 Å². The van der Waals surface area contributed by atoms with Crippen LogP contribution in [0.1, 0.15) is 52.9 Å². The summed E-state index contributed by atoms with van der Waals surface area (Å²) in [7, 11) is 2.17. The van der Waals surface area contributed by atoms with Gasteiger partial charge in [-0.3, -0.25) is 10.1 Å². The van der Waals surface area contributed by atoms with Gasteiger partial charge in [-0.15, -0.1) is 0 Å². The Balaban J connectivity index is 1.86. The fraction of sp³-hybridized carbons (Fsp3) is 0.938. The highest BCUT2D eigenvalue weighted by molar-refractivity contribution is 5.80. The van der Waals surface area contributed by atoms with E-state index in [1.165, 1.54) is 25.7 Å². The maximum atomic E-state index is 12.3. The van der Waals surface area contributed by atoms with Crippen LogP contribution in [0.25, 0.3) is 0 Å². The first-order chi connectivity index (χ1) is 9.46. The summed E-state index contributed by atoms with van der Waals surface area (Å²) >= 11 is 0. The number of nitrogens with zero attached hydrogens (tertiary/aromatic N) is 1. The van der Waals surface area contributed by atoms with E-state index < -0.39 is 5.54 Å². The predicted molar refractivity (Wildman–Crippen MR) is 80.6 cm³/mol. The van der Waals surface area contributed by atoms with Gasteiger partial charge in [-0.25, -0.2) is 0 Å². The van der Waals surface area contributed by atoms with Gasteiger partial charge >= 0.3 is 5.97 Å². The van der Waals surface area contributed by atoms with Crippen molar-refractivity contribution < 1.29 is 9.53 Å². The van der Waals surface area contributed by atoms with E-state index in [9.17, 15) is 4.79 Å². The maximum Gasteiger partial charge on any atom is 0.326 e. The van der Waals surface area contributed by atoms with E-state index in [2.05, 4.69) is 24.2 Å². The molecule has 0 heterocycles. The molecule has 0 aliphatic heterocycles. The summed E-state index contributed by atoms with van der Waals surface area (Å²) in [5, 5.41) is 3.49. The summed E-state index contributed by atoms with van der Waals surface area (Å²) in [6, 6.07) is 1.14. The molecule has 0 amide bonds. The smallest absolute Gasteiger partial charge is 0.326 e. The highest BCUT2D eigenvalue weighted by Crippen LogP contribution is 2.35. The van der Waals surface area contributed by atoms with E-state index in [0.717, 1.165) is 18.9 Å². The number of hydrogen-bond acceptors (Lipinski definition) is 4. The second kappa shape index (κ2) is 6.44. The third kappa shape index (κ3) is 4.19. The molecule has 116 valence electrons. The molecule has 0 spiro atoms. The van der Waals surface area contributed by atoms with Crippen molar-refractivity contribution in [3.63, 3.8) is 0 Å². The minimum Gasteiger partial charge on any atom is -0.465 e. The molecule has 2 fully saturated rings. The Morgan fingerprint density at radius 1 is 1.40 bits per heavy atom. The summed E-state index contributed by atoms with van der Waals surface area (Å²) < 4.78 is 5.27. The second-order valence-electron chi connectivity index (χ2n) is 6.78. The summed E-state index contributed by atoms with van der Waals surface area (Å²) in [5.74, 6) is 0.768. The molecule has 2 unspecified atom stereocenters. The van der Waals surface area contributed by atoms with Crippen LogP contribution in [0.2, 0.25) is 0 Å². The van der Waals surface area contributed by atoms with Crippen molar-refractivity contribution in [2.45, 2.75) is 70.5 Å². The van der Waals surface area contributed by atoms with E-state index in [1.54, 1.807) is 0 Å². The minimum atomic E-state index is -0.533. The lowest BCUT2D eigenvalue weighted by atomic mass is 9.96. The third-order valence-corrected chi connectivity index (χ3v) is 4.79. The van der Waals surface area contributed by atoms with Crippen LogP contribution in [0.15, 0.2) is 0 Å². The Kier molecular flexibility index (Phi) is 5.08. The van der Waals surface area contributed by atoms with Crippen LogP contribution in [-0.4, -0.2) is 48.7 Å². The average Bonchev–Trinajstić information content (AvgIpc) is 3.27. The van der Waals surface area contributed by atoms with Crippen molar-refractivity contribution >= 4 is 5.97 Å². The first-order valence-corrected chi connectivity index (χ1v) is 8.11. The summed E-state index contributed by atoms with van der Waals surface area (Å²) in [5.41, 5.74) is -0.533. The molecule has 0 aromatic rings. The Morgan fingerprint density at radius 3 is 2.55 bits per heavy atom. The monoisotopic (exact) mass is 282 g/mol. The molecule has 20 heavy (non-hydrogen) atoms. The van der Waals surface area contributed by atoms with E-state index >= 15 is 0 Å². The predicted octanol–water partition coefficient (Wildman–Crippen LogP) is 2.18. The fourth-order valence-corrected chi connectivity index (χ4v) is 2.74. The van der Waals surface area contributed by atoms with Gasteiger partial charge in [0.1, 0.15) is 5.54 Å². The van der Waals surface area contributed by atoms with E-state index in [1.807, 2.05) is 13.8 Å². The lowest BCUT2D eigenvalue weighted by Crippen LogP contribution is -2.53. The van der Waals surface area contributed by atoms with Crippen molar-refractivity contribution in [2.24, 2.45) is 5.92 Å². The second-order valence-corrected chi connectivity index (χ2v) is 6.78. The van der Waals surface area contributed by atoms with Crippen molar-refractivity contribution in [3.05, 3.63) is 0 Å². The summed E-state index contributed by atoms with van der Waals surface area (Å²) in [4.78, 5) is 14.6. The van der Waals surface area contributed by atoms with Gasteiger partial charge in [0.05, 0.1) is 6.61 Å². The molecule has 4 heteroatoms. The van der Waals surface area contributed by atoms with Gasteiger partial charge in [0.25, 0.3) is 0 Å². The lowest BCUT2D eigenvalue weighted by Gasteiger charge is -2.32. The van der Waals surface area contributed by atoms with E-state index in [4.69, 9.17) is 4.74 Å². The molecule has 0 aromatic carbocycles. The molecule has 0 bridgehead atoms. The van der Waals surface area contributed by atoms with Crippen LogP contribution in [0.5, 0.6) is 0 Å². The molecule has 4 nitrogen and oxygen atoms in total. The van der Waals surface area contributed by atoms with Crippen molar-refractivity contribution in [1.82, 2.24) is 10.2 Å². The molecule has 2 atom stereocenters. The molecule has 2 saturated carbocycles. The Labute approximate surface area is 123 Å². The zero-order valence-electron chi connectivity index (χ0n) is 13.4. The third-order valence-electron chi connectivity index (χ3n) is 4.79. The van der Waals surface area contributed by atoms with Crippen LogP contribution in [0.4, 0.5) is 0 Å². The number of nitrogens with one attached hydrogen (secondary N) is 1. The highest BCUT2D eigenvalue weighted by Gasteiger charge is 2.40. The van der Waals surface area contributed by atoms with Crippen LogP contribution in [0.3, 0.4) is 0 Å². The maximum absolute atomic E-state index is 12.3. The molecule has 0 aromatic heterocycles. The van der Waals surface area contributed by atoms with Gasteiger partial charge in [0.15, 0.2) is 0 Å². The SMILES string of the molecule is CCOC(=O)C(C)(CCN(C)C(C)C1CC1)NC1CC1. The lowest BCUT2D eigenvalue weighted by molar-refractivity contribution is -0.151. The van der Waals surface area contributed by atoms with Crippen LogP contribution in [-0.2, 0) is 9.53 Å². The topological polar surface area (TPSA) is 41.6 Å². The number of rotatable bonds is 9. The van der Waals surface area contributed by atoms with Crippen molar-refractivity contribution in [1.29, 1.82) is 0 Å². The number of hydrogen-bond donors (Lipinski definition) is 1. The molecule has 1 N–H and O–H groups in total. The molecule has 2 aliphatic carbocycles. The van der Waals surface area contributed by atoms with E-state index in [-0.39, 0.29) is 5.97 Å². The number of carbonyl (C=O) groups is 1. The molecule has 0 radical (unpaired) electrons. The number of ether oxygens (including phenoxy) is 1. The van der Waals surface area contributed by atoms with Crippen LogP contribution < -0.4 is 5.32 Å². The van der Waals surface area contributed by atoms with Gasteiger partial charge in [0, 0.05) is 18.6 Å². The quantitative estimate of drug-likeness (QED) is 0.658. The molecular formula is C16H30N2O2. The van der Waals surface area contributed by atoms with Gasteiger partial charge < -0.3 is 9.64 Å². The van der Waals surface area contributed by atoms with Gasteiger partial charge in [0.2, 0.25) is 0 Å². The first kappa shape index (κ1) is 15.8. The van der Waals surface area contributed by atoms with E-state index in [0.29, 0.717) is 18.7 Å².